The third-order valence-corrected chi connectivity index (χ3v) is 3.59. The Hall–Kier alpha value is -2.63. The zero-order valence-electron chi connectivity index (χ0n) is 12.9. The third-order valence-electron chi connectivity index (χ3n) is 3.59. The highest BCUT2D eigenvalue weighted by atomic mass is 19.1. The van der Waals surface area contributed by atoms with Gasteiger partial charge in [-0.1, -0.05) is 12.1 Å². The lowest BCUT2D eigenvalue weighted by Crippen LogP contribution is -2.37. The zero-order chi connectivity index (χ0) is 17.0. The summed E-state index contributed by atoms with van der Waals surface area (Å²) in [7, 11) is 0. The first-order chi connectivity index (χ1) is 10.9. The van der Waals surface area contributed by atoms with Crippen LogP contribution in [-0.4, -0.2) is 22.6 Å². The number of nitrogens with one attached hydrogen (secondary N) is 1. The van der Waals surface area contributed by atoms with Crippen LogP contribution in [0, 0.1) is 11.6 Å². The molecule has 0 aliphatic heterocycles. The molecule has 2 aromatic carbocycles. The number of carbonyl (C=O) groups excluding carboxylic acids is 1. The lowest BCUT2D eigenvalue weighted by atomic mass is 10.1. The molecule has 0 unspecified atom stereocenters. The Morgan fingerprint density at radius 2 is 2.00 bits per heavy atom. The molecule has 0 bridgehead atoms. The Morgan fingerprint density at radius 1 is 1.26 bits per heavy atom. The molecule has 2 N–H and O–H groups in total. The summed E-state index contributed by atoms with van der Waals surface area (Å²) in [6, 6.07) is 8.72. The van der Waals surface area contributed by atoms with Crippen molar-refractivity contribution in [2.45, 2.75) is 19.9 Å². The molecule has 0 aromatic heterocycles. The van der Waals surface area contributed by atoms with Crippen LogP contribution < -0.4 is 5.32 Å². The molecule has 23 heavy (non-hydrogen) atoms. The molecule has 2 rings (SSSR count). The molecule has 0 fully saturated rings. The van der Waals surface area contributed by atoms with Gasteiger partial charge in [0.2, 0.25) is 0 Å². The Morgan fingerprint density at radius 3 is 2.61 bits per heavy atom. The normalized spacial score (nSPS) is 11.8. The lowest BCUT2D eigenvalue weighted by Gasteiger charge is -2.28. The van der Waals surface area contributed by atoms with Crippen LogP contribution in [0.25, 0.3) is 0 Å². The molecular formula is C17H18F2N2O2. The average Bonchev–Trinajstić information content (AvgIpc) is 2.50. The number of phenols is 1. The largest absolute Gasteiger partial charge is 0.508 e. The van der Waals surface area contributed by atoms with E-state index in [1.165, 1.54) is 11.0 Å². The number of aromatic hydroxyl groups is 1. The van der Waals surface area contributed by atoms with Crippen LogP contribution in [0.3, 0.4) is 0 Å². The maximum absolute atomic E-state index is 13.6. The minimum Gasteiger partial charge on any atom is -0.508 e. The van der Waals surface area contributed by atoms with Crippen molar-refractivity contribution in [1.82, 2.24) is 4.90 Å². The van der Waals surface area contributed by atoms with Crippen molar-refractivity contribution in [1.29, 1.82) is 0 Å². The van der Waals surface area contributed by atoms with Gasteiger partial charge in [0.25, 0.3) is 0 Å². The minimum absolute atomic E-state index is 0.0852. The molecule has 0 aliphatic rings. The Labute approximate surface area is 133 Å². The molecule has 0 heterocycles. The fourth-order valence-electron chi connectivity index (χ4n) is 2.34. The number of urea groups is 1. The summed E-state index contributed by atoms with van der Waals surface area (Å²) in [5.74, 6) is -1.43. The van der Waals surface area contributed by atoms with Crippen LogP contribution in [0.2, 0.25) is 0 Å². The molecule has 0 aliphatic carbocycles. The van der Waals surface area contributed by atoms with Gasteiger partial charge in [0.1, 0.15) is 17.4 Å². The molecule has 0 saturated carbocycles. The SMILES string of the molecule is CCN(C(=O)Nc1ccc(F)cc1F)[C@H](C)c1cccc(O)c1. The lowest BCUT2D eigenvalue weighted by molar-refractivity contribution is 0.196. The Balaban J connectivity index is 2.17. The molecule has 122 valence electrons. The van der Waals surface area contributed by atoms with Crippen LogP contribution in [0.4, 0.5) is 19.3 Å². The molecule has 0 spiro atoms. The number of hydrogen-bond acceptors (Lipinski definition) is 2. The van der Waals surface area contributed by atoms with Gasteiger partial charge >= 0.3 is 6.03 Å². The number of nitrogens with zero attached hydrogens (tertiary/aromatic N) is 1. The van der Waals surface area contributed by atoms with Gasteiger partial charge in [0.05, 0.1) is 11.7 Å². The highest BCUT2D eigenvalue weighted by Crippen LogP contribution is 2.24. The second kappa shape index (κ2) is 7.09. The van der Waals surface area contributed by atoms with Gasteiger partial charge in [-0.25, -0.2) is 13.6 Å². The highest BCUT2D eigenvalue weighted by Gasteiger charge is 2.21. The number of halogens is 2. The van der Waals surface area contributed by atoms with E-state index in [9.17, 15) is 18.7 Å². The fourth-order valence-corrected chi connectivity index (χ4v) is 2.34. The Bertz CT molecular complexity index is 707. The molecule has 2 aromatic rings. The number of hydrogen-bond donors (Lipinski definition) is 2. The number of carbonyl (C=O) groups is 1. The first-order valence-corrected chi connectivity index (χ1v) is 7.24. The van der Waals surface area contributed by atoms with Gasteiger partial charge in [-0.15, -0.1) is 0 Å². The standard InChI is InChI=1S/C17H18F2N2O2/c1-3-21(11(2)12-5-4-6-14(22)9-12)17(23)20-16-8-7-13(18)10-15(16)19/h4-11,22H,3H2,1-2H3,(H,20,23)/t11-/m1/s1. The van der Waals surface area contributed by atoms with E-state index < -0.39 is 17.7 Å². The molecule has 6 heteroatoms. The van der Waals surface area contributed by atoms with Crippen molar-refractivity contribution in [3.63, 3.8) is 0 Å². The molecule has 2 amide bonds. The maximum atomic E-state index is 13.6. The van der Waals surface area contributed by atoms with Gasteiger partial charge in [-0.2, -0.15) is 0 Å². The topological polar surface area (TPSA) is 52.6 Å². The van der Waals surface area contributed by atoms with E-state index in [0.717, 1.165) is 11.6 Å². The third kappa shape index (κ3) is 3.97. The van der Waals surface area contributed by atoms with E-state index >= 15 is 0 Å². The van der Waals surface area contributed by atoms with Crippen LogP contribution in [0.5, 0.6) is 5.75 Å². The van der Waals surface area contributed by atoms with Crippen LogP contribution >= 0.6 is 0 Å². The number of benzene rings is 2. The quantitative estimate of drug-likeness (QED) is 0.883. The number of rotatable bonds is 4. The van der Waals surface area contributed by atoms with E-state index in [2.05, 4.69) is 5.32 Å². The van der Waals surface area contributed by atoms with Crippen LogP contribution in [0.1, 0.15) is 25.5 Å². The monoisotopic (exact) mass is 320 g/mol. The fraction of sp³-hybridized carbons (Fsp3) is 0.235. The van der Waals surface area contributed by atoms with Crippen molar-refractivity contribution in [2.75, 3.05) is 11.9 Å². The summed E-state index contributed by atoms with van der Waals surface area (Å²) in [5, 5.41) is 12.0. The maximum Gasteiger partial charge on any atom is 0.322 e. The summed E-state index contributed by atoms with van der Waals surface area (Å²) >= 11 is 0. The van der Waals surface area contributed by atoms with E-state index in [1.807, 2.05) is 0 Å². The van der Waals surface area contributed by atoms with Gasteiger partial charge in [-0.3, -0.25) is 0 Å². The molecule has 1 atom stereocenters. The molecule has 4 nitrogen and oxygen atoms in total. The van der Waals surface area contributed by atoms with Crippen LogP contribution in [-0.2, 0) is 0 Å². The van der Waals surface area contributed by atoms with Crippen LogP contribution in [0.15, 0.2) is 42.5 Å². The number of phenolic OH excluding ortho intramolecular Hbond substituents is 1. The van der Waals surface area contributed by atoms with E-state index in [4.69, 9.17) is 0 Å². The van der Waals surface area contributed by atoms with Gasteiger partial charge in [-0.05, 0) is 43.7 Å². The molecule has 0 radical (unpaired) electrons. The number of amides is 2. The van der Waals surface area contributed by atoms with E-state index in [1.54, 1.807) is 38.1 Å². The summed E-state index contributed by atoms with van der Waals surface area (Å²) in [6.07, 6.45) is 0. The molecular weight excluding hydrogens is 302 g/mol. The van der Waals surface area contributed by atoms with Crippen molar-refractivity contribution in [3.8, 4) is 5.75 Å². The van der Waals surface area contributed by atoms with Crippen molar-refractivity contribution >= 4 is 11.7 Å². The summed E-state index contributed by atoms with van der Waals surface area (Å²) < 4.78 is 26.6. The van der Waals surface area contributed by atoms with Gasteiger partial charge < -0.3 is 15.3 Å². The summed E-state index contributed by atoms with van der Waals surface area (Å²) in [4.78, 5) is 13.9. The predicted octanol–water partition coefficient (Wildman–Crippen LogP) is 4.29. The smallest absolute Gasteiger partial charge is 0.322 e. The van der Waals surface area contributed by atoms with Gasteiger partial charge in [0.15, 0.2) is 0 Å². The summed E-state index contributed by atoms with van der Waals surface area (Å²) in [5.41, 5.74) is 0.666. The minimum atomic E-state index is -0.834. The first-order valence-electron chi connectivity index (χ1n) is 7.24. The second-order valence-electron chi connectivity index (χ2n) is 5.11. The van der Waals surface area contributed by atoms with E-state index in [-0.39, 0.29) is 17.5 Å². The average molecular weight is 320 g/mol. The van der Waals surface area contributed by atoms with Crippen molar-refractivity contribution in [3.05, 3.63) is 59.7 Å². The Kier molecular flexibility index (Phi) is 5.16. The van der Waals surface area contributed by atoms with E-state index in [0.29, 0.717) is 12.6 Å². The predicted molar refractivity (Wildman–Crippen MR) is 84.3 cm³/mol. The molecule has 0 saturated heterocycles. The summed E-state index contributed by atoms with van der Waals surface area (Å²) in [6.45, 7) is 3.98. The second-order valence-corrected chi connectivity index (χ2v) is 5.11. The highest BCUT2D eigenvalue weighted by molar-refractivity contribution is 5.89. The van der Waals surface area contributed by atoms with Crippen molar-refractivity contribution in [2.24, 2.45) is 0 Å². The van der Waals surface area contributed by atoms with Crippen molar-refractivity contribution < 1.29 is 18.7 Å². The van der Waals surface area contributed by atoms with Gasteiger partial charge in [0, 0.05) is 12.6 Å². The zero-order valence-corrected chi connectivity index (χ0v) is 12.9. The first kappa shape index (κ1) is 16.7. The number of anilines is 1.